The van der Waals surface area contributed by atoms with Gasteiger partial charge < -0.3 is 10.5 Å². The summed E-state index contributed by atoms with van der Waals surface area (Å²) in [6, 6.07) is 15.2. The number of nitrogens with one attached hydrogen (secondary N) is 1. The topological polar surface area (TPSA) is 77.2 Å². The number of carbonyl (C=O) groups is 1. The summed E-state index contributed by atoms with van der Waals surface area (Å²) >= 11 is 1.37. The van der Waals surface area contributed by atoms with Crippen LogP contribution >= 0.6 is 11.3 Å². The molecule has 3 aromatic rings. The van der Waals surface area contributed by atoms with Gasteiger partial charge in [-0.1, -0.05) is 31.2 Å². The van der Waals surface area contributed by atoms with E-state index in [0.717, 1.165) is 17.7 Å². The minimum atomic E-state index is -0.243. The van der Waals surface area contributed by atoms with Crippen molar-refractivity contribution in [2.24, 2.45) is 0 Å². The lowest BCUT2D eigenvalue weighted by atomic mass is 10.1. The number of thiazole rings is 1. The maximum absolute atomic E-state index is 12.0. The average molecular weight is 353 g/mol. The molecule has 0 aliphatic heterocycles. The van der Waals surface area contributed by atoms with Gasteiger partial charge in [-0.15, -0.1) is 11.3 Å². The number of benzene rings is 2. The quantitative estimate of drug-likeness (QED) is 0.657. The summed E-state index contributed by atoms with van der Waals surface area (Å²) in [6.45, 7) is 2.04. The third-order valence-corrected chi connectivity index (χ3v) is 4.39. The van der Waals surface area contributed by atoms with Crippen molar-refractivity contribution in [2.45, 2.75) is 13.3 Å². The van der Waals surface area contributed by atoms with Gasteiger partial charge in [-0.25, -0.2) is 4.98 Å². The molecule has 5 nitrogen and oxygen atoms in total. The van der Waals surface area contributed by atoms with Crippen molar-refractivity contribution in [3.8, 4) is 17.0 Å². The first-order valence-electron chi connectivity index (χ1n) is 7.97. The minimum Gasteiger partial charge on any atom is -0.484 e. The Morgan fingerprint density at radius 3 is 2.76 bits per heavy atom. The van der Waals surface area contributed by atoms with Crippen LogP contribution in [0.15, 0.2) is 53.9 Å². The maximum atomic E-state index is 12.0. The van der Waals surface area contributed by atoms with Crippen LogP contribution in [0.25, 0.3) is 11.3 Å². The molecule has 0 unspecified atom stereocenters. The number of nitrogens with two attached hydrogens (primary N) is 1. The molecule has 0 atom stereocenters. The molecule has 1 heterocycles. The molecule has 0 spiro atoms. The lowest BCUT2D eigenvalue weighted by molar-refractivity contribution is -0.118. The fourth-order valence-corrected chi connectivity index (χ4v) is 3.02. The predicted molar refractivity (Wildman–Crippen MR) is 102 cm³/mol. The zero-order valence-corrected chi connectivity index (χ0v) is 14.7. The highest BCUT2D eigenvalue weighted by atomic mass is 32.1. The number of ether oxygens (including phenoxy) is 1. The smallest absolute Gasteiger partial charge is 0.264 e. The first-order valence-corrected chi connectivity index (χ1v) is 8.85. The van der Waals surface area contributed by atoms with Crippen LogP contribution in [0, 0.1) is 0 Å². The highest BCUT2D eigenvalue weighted by Crippen LogP contribution is 2.26. The molecule has 25 heavy (non-hydrogen) atoms. The Bertz CT molecular complexity index is 859. The molecular formula is C19H19N3O2S. The number of hydrogen-bond donors (Lipinski definition) is 2. The van der Waals surface area contributed by atoms with Crippen LogP contribution in [0.5, 0.6) is 5.75 Å². The normalized spacial score (nSPS) is 10.4. The number of amides is 1. The van der Waals surface area contributed by atoms with Crippen molar-refractivity contribution in [3.63, 3.8) is 0 Å². The molecule has 1 aromatic heterocycles. The van der Waals surface area contributed by atoms with Crippen LogP contribution in [0.3, 0.4) is 0 Å². The van der Waals surface area contributed by atoms with Crippen molar-refractivity contribution in [1.82, 2.24) is 4.98 Å². The summed E-state index contributed by atoms with van der Waals surface area (Å²) in [7, 11) is 0. The van der Waals surface area contributed by atoms with Gasteiger partial charge in [0.2, 0.25) is 0 Å². The number of rotatable bonds is 6. The second-order valence-corrected chi connectivity index (χ2v) is 6.36. The second-order valence-electron chi connectivity index (χ2n) is 5.50. The fraction of sp³-hybridized carbons (Fsp3) is 0.158. The Hall–Kier alpha value is -2.86. The Morgan fingerprint density at radius 2 is 2.04 bits per heavy atom. The van der Waals surface area contributed by atoms with Crippen LogP contribution in [-0.2, 0) is 11.2 Å². The van der Waals surface area contributed by atoms with E-state index in [0.29, 0.717) is 16.6 Å². The highest BCUT2D eigenvalue weighted by Gasteiger charge is 2.09. The van der Waals surface area contributed by atoms with Gasteiger partial charge in [0.15, 0.2) is 11.7 Å². The first kappa shape index (κ1) is 17.0. The third kappa shape index (κ3) is 4.58. The number of nitrogen functional groups attached to an aromatic ring is 1. The van der Waals surface area contributed by atoms with E-state index in [1.54, 1.807) is 0 Å². The van der Waals surface area contributed by atoms with Gasteiger partial charge in [-0.2, -0.15) is 0 Å². The molecular weight excluding hydrogens is 334 g/mol. The van der Waals surface area contributed by atoms with Crippen molar-refractivity contribution in [3.05, 3.63) is 59.5 Å². The summed E-state index contributed by atoms with van der Waals surface area (Å²) in [4.78, 5) is 16.4. The van der Waals surface area contributed by atoms with Gasteiger partial charge in [0.1, 0.15) is 5.75 Å². The minimum absolute atomic E-state index is 0.0569. The van der Waals surface area contributed by atoms with Gasteiger partial charge in [0.25, 0.3) is 5.91 Å². The van der Waals surface area contributed by atoms with E-state index in [-0.39, 0.29) is 12.5 Å². The number of aromatic nitrogens is 1. The molecule has 0 bridgehead atoms. The zero-order chi connectivity index (χ0) is 17.6. The van der Waals surface area contributed by atoms with E-state index in [9.17, 15) is 4.79 Å². The Labute approximate surface area is 150 Å². The standard InChI is InChI=1S/C19H19N3O2S/c1-2-13-6-8-16(9-7-13)24-11-18(23)22-19-21-17(12-25-19)14-4-3-5-15(20)10-14/h3-10,12H,2,11,20H2,1H3,(H,21,22,23). The molecule has 3 N–H and O–H groups in total. The van der Waals surface area contributed by atoms with Crippen LogP contribution in [0.2, 0.25) is 0 Å². The maximum Gasteiger partial charge on any atom is 0.264 e. The predicted octanol–water partition coefficient (Wildman–Crippen LogP) is 3.97. The number of nitrogens with zero attached hydrogens (tertiary/aromatic N) is 1. The second kappa shape index (κ2) is 7.81. The highest BCUT2D eigenvalue weighted by molar-refractivity contribution is 7.14. The molecule has 3 rings (SSSR count). The molecule has 6 heteroatoms. The summed E-state index contributed by atoms with van der Waals surface area (Å²) in [6.07, 6.45) is 0.972. The molecule has 128 valence electrons. The summed E-state index contributed by atoms with van der Waals surface area (Å²) < 4.78 is 5.49. The SMILES string of the molecule is CCc1ccc(OCC(=O)Nc2nc(-c3cccc(N)c3)cs2)cc1. The van der Waals surface area contributed by atoms with Gasteiger partial charge >= 0.3 is 0 Å². The molecule has 0 saturated carbocycles. The molecule has 0 fully saturated rings. The average Bonchev–Trinajstić information content (AvgIpc) is 3.09. The molecule has 0 saturated heterocycles. The largest absolute Gasteiger partial charge is 0.484 e. The Balaban J connectivity index is 1.56. The summed E-state index contributed by atoms with van der Waals surface area (Å²) in [5, 5.41) is 5.17. The number of hydrogen-bond acceptors (Lipinski definition) is 5. The van der Waals surface area contributed by atoms with E-state index < -0.39 is 0 Å². The van der Waals surface area contributed by atoms with Crippen molar-refractivity contribution in [2.75, 3.05) is 17.7 Å². The Morgan fingerprint density at radius 1 is 1.24 bits per heavy atom. The van der Waals surface area contributed by atoms with Gasteiger partial charge in [0, 0.05) is 16.6 Å². The van der Waals surface area contributed by atoms with Crippen molar-refractivity contribution in [1.29, 1.82) is 0 Å². The van der Waals surface area contributed by atoms with Crippen LogP contribution in [0.1, 0.15) is 12.5 Å². The van der Waals surface area contributed by atoms with Crippen LogP contribution in [0.4, 0.5) is 10.8 Å². The third-order valence-electron chi connectivity index (χ3n) is 3.63. The van der Waals surface area contributed by atoms with Gasteiger partial charge in [0.05, 0.1) is 5.69 Å². The van der Waals surface area contributed by atoms with Crippen molar-refractivity contribution < 1.29 is 9.53 Å². The number of anilines is 2. The fourth-order valence-electron chi connectivity index (χ4n) is 2.29. The lowest BCUT2D eigenvalue weighted by Gasteiger charge is -2.06. The van der Waals surface area contributed by atoms with Gasteiger partial charge in [-0.05, 0) is 36.2 Å². The van der Waals surface area contributed by atoms with Crippen molar-refractivity contribution >= 4 is 28.1 Å². The van der Waals surface area contributed by atoms with E-state index >= 15 is 0 Å². The van der Waals surface area contributed by atoms with E-state index in [4.69, 9.17) is 10.5 Å². The monoisotopic (exact) mass is 353 g/mol. The summed E-state index contributed by atoms with van der Waals surface area (Å²) in [5.41, 5.74) is 9.40. The summed E-state index contributed by atoms with van der Waals surface area (Å²) in [5.74, 6) is 0.431. The molecule has 0 aliphatic rings. The molecule has 0 radical (unpaired) electrons. The Kier molecular flexibility index (Phi) is 5.30. The van der Waals surface area contributed by atoms with Crippen LogP contribution < -0.4 is 15.8 Å². The van der Waals surface area contributed by atoms with E-state index in [1.807, 2.05) is 53.9 Å². The number of aryl methyl sites for hydroxylation is 1. The zero-order valence-electron chi connectivity index (χ0n) is 13.9. The van der Waals surface area contributed by atoms with E-state index in [1.165, 1.54) is 16.9 Å². The van der Waals surface area contributed by atoms with E-state index in [2.05, 4.69) is 17.2 Å². The number of carbonyl (C=O) groups excluding carboxylic acids is 1. The lowest BCUT2D eigenvalue weighted by Crippen LogP contribution is -2.20. The molecule has 2 aromatic carbocycles. The van der Waals surface area contributed by atoms with Gasteiger partial charge in [-0.3, -0.25) is 10.1 Å². The molecule has 1 amide bonds. The first-order chi connectivity index (χ1) is 12.1. The molecule has 0 aliphatic carbocycles. The van der Waals surface area contributed by atoms with Crippen LogP contribution in [-0.4, -0.2) is 17.5 Å².